The molecule has 2 atom stereocenters. The van der Waals surface area contributed by atoms with E-state index in [0.29, 0.717) is 25.1 Å². The monoisotopic (exact) mass is 327 g/mol. The van der Waals surface area contributed by atoms with E-state index in [2.05, 4.69) is 13.8 Å². The average molecular weight is 327 g/mol. The predicted molar refractivity (Wildman–Crippen MR) is 84.9 cm³/mol. The summed E-state index contributed by atoms with van der Waals surface area (Å²) in [5.74, 6) is -0.193. The van der Waals surface area contributed by atoms with Gasteiger partial charge in [0.15, 0.2) is 12.7 Å². The number of nitrogens with zero attached hydrogens (tertiary/aromatic N) is 1. The summed E-state index contributed by atoms with van der Waals surface area (Å²) in [7, 11) is 0. The molecule has 0 N–H and O–H groups in total. The van der Waals surface area contributed by atoms with Crippen molar-refractivity contribution in [3.63, 3.8) is 0 Å². The Hall–Kier alpha value is -1.14. The smallest absolute Gasteiger partial charge is 0.335 e. The minimum Gasteiger partial charge on any atom is -0.454 e. The molecule has 2 fully saturated rings. The Morgan fingerprint density at radius 1 is 1.22 bits per heavy atom. The maximum absolute atomic E-state index is 12.2. The zero-order chi connectivity index (χ0) is 16.8. The molecule has 6 heteroatoms. The van der Waals surface area contributed by atoms with Gasteiger partial charge in [-0.25, -0.2) is 4.79 Å². The maximum Gasteiger partial charge on any atom is 0.335 e. The van der Waals surface area contributed by atoms with Crippen LogP contribution in [0, 0.1) is 5.92 Å². The van der Waals surface area contributed by atoms with Crippen LogP contribution in [0.4, 0.5) is 0 Å². The van der Waals surface area contributed by atoms with Gasteiger partial charge in [0.1, 0.15) is 0 Å². The van der Waals surface area contributed by atoms with Crippen LogP contribution in [-0.2, 0) is 23.8 Å². The second-order valence-electron chi connectivity index (χ2n) is 6.89. The Bertz CT molecular complexity index is 402. The first-order valence-corrected chi connectivity index (χ1v) is 8.66. The quantitative estimate of drug-likeness (QED) is 0.604. The molecule has 0 bridgehead atoms. The number of hydrogen-bond acceptors (Lipinski definition) is 5. The van der Waals surface area contributed by atoms with Crippen LogP contribution in [0.15, 0.2) is 0 Å². The number of hydrogen-bond donors (Lipinski definition) is 0. The van der Waals surface area contributed by atoms with Crippen molar-refractivity contribution in [3.05, 3.63) is 0 Å². The average Bonchev–Trinajstić information content (AvgIpc) is 3.22. The molecule has 1 aliphatic carbocycles. The lowest BCUT2D eigenvalue weighted by Gasteiger charge is -2.24. The van der Waals surface area contributed by atoms with E-state index in [9.17, 15) is 9.59 Å². The molecule has 132 valence electrons. The zero-order valence-corrected chi connectivity index (χ0v) is 14.5. The molecule has 1 saturated heterocycles. The molecular formula is C17H29NO5. The summed E-state index contributed by atoms with van der Waals surface area (Å²) >= 11 is 0. The van der Waals surface area contributed by atoms with Crippen LogP contribution in [0.25, 0.3) is 0 Å². The van der Waals surface area contributed by atoms with Crippen LogP contribution in [0.5, 0.6) is 0 Å². The fourth-order valence-corrected chi connectivity index (χ4v) is 2.66. The van der Waals surface area contributed by atoms with Crippen LogP contribution in [0.2, 0.25) is 0 Å². The van der Waals surface area contributed by atoms with Crippen molar-refractivity contribution in [2.24, 2.45) is 5.92 Å². The van der Waals surface area contributed by atoms with E-state index in [1.54, 1.807) is 6.92 Å². The highest BCUT2D eigenvalue weighted by Crippen LogP contribution is 2.27. The fraction of sp³-hybridized carbons (Fsp3) is 0.882. The molecule has 0 radical (unpaired) electrons. The first-order chi connectivity index (χ1) is 11.0. The van der Waals surface area contributed by atoms with Gasteiger partial charge >= 0.3 is 5.97 Å². The lowest BCUT2D eigenvalue weighted by atomic mass is 10.2. The number of carbonyl (C=O) groups excluding carboxylic acids is 2. The van der Waals surface area contributed by atoms with Gasteiger partial charge in [0.25, 0.3) is 5.91 Å². The maximum atomic E-state index is 12.2. The van der Waals surface area contributed by atoms with Crippen molar-refractivity contribution >= 4 is 11.9 Å². The van der Waals surface area contributed by atoms with Gasteiger partial charge in [-0.2, -0.15) is 0 Å². The van der Waals surface area contributed by atoms with Crippen molar-refractivity contribution in [1.29, 1.82) is 0 Å². The van der Waals surface area contributed by atoms with Crippen molar-refractivity contribution in [2.75, 3.05) is 26.4 Å². The Kier molecular flexibility index (Phi) is 6.84. The van der Waals surface area contributed by atoms with Gasteiger partial charge < -0.3 is 19.1 Å². The third-order valence-electron chi connectivity index (χ3n) is 4.10. The third-order valence-corrected chi connectivity index (χ3v) is 4.10. The number of rotatable bonds is 9. The van der Waals surface area contributed by atoms with Gasteiger partial charge in [-0.3, -0.25) is 4.79 Å². The van der Waals surface area contributed by atoms with Crippen LogP contribution < -0.4 is 0 Å². The third kappa shape index (κ3) is 6.11. The SMILES string of the molecule is CC(C)CN(C(=O)COC(=O)C(C)OCC1CCCO1)C1CC1. The fourth-order valence-electron chi connectivity index (χ4n) is 2.66. The standard InChI is InChI=1S/C17H29NO5/c1-12(2)9-18(14-6-7-14)16(19)11-23-17(20)13(3)22-10-15-5-4-8-21-15/h12-15H,4-11H2,1-3H3. The highest BCUT2D eigenvalue weighted by molar-refractivity contribution is 5.82. The van der Waals surface area contributed by atoms with Crippen molar-refractivity contribution < 1.29 is 23.8 Å². The van der Waals surface area contributed by atoms with E-state index in [1.165, 1.54) is 0 Å². The summed E-state index contributed by atoms with van der Waals surface area (Å²) in [4.78, 5) is 26.0. The zero-order valence-electron chi connectivity index (χ0n) is 14.5. The Morgan fingerprint density at radius 3 is 2.52 bits per heavy atom. The molecule has 1 amide bonds. The van der Waals surface area contributed by atoms with Gasteiger partial charge in [-0.1, -0.05) is 13.8 Å². The van der Waals surface area contributed by atoms with Gasteiger partial charge in [0.05, 0.1) is 12.7 Å². The molecule has 1 saturated carbocycles. The van der Waals surface area contributed by atoms with Crippen molar-refractivity contribution in [1.82, 2.24) is 4.90 Å². The molecule has 0 aromatic rings. The van der Waals surface area contributed by atoms with E-state index < -0.39 is 12.1 Å². The number of ether oxygens (including phenoxy) is 3. The largest absolute Gasteiger partial charge is 0.454 e. The first-order valence-electron chi connectivity index (χ1n) is 8.66. The number of amides is 1. The minimum absolute atomic E-state index is 0.0725. The summed E-state index contributed by atoms with van der Waals surface area (Å²) in [5.41, 5.74) is 0. The minimum atomic E-state index is -0.675. The second-order valence-corrected chi connectivity index (χ2v) is 6.89. The number of esters is 1. The van der Waals surface area contributed by atoms with Gasteiger partial charge in [-0.15, -0.1) is 0 Å². The molecule has 0 spiro atoms. The molecule has 23 heavy (non-hydrogen) atoms. The van der Waals surface area contributed by atoms with Crippen LogP contribution in [-0.4, -0.2) is 61.4 Å². The first kappa shape index (κ1) is 18.2. The van der Waals surface area contributed by atoms with Crippen LogP contribution in [0.3, 0.4) is 0 Å². The van der Waals surface area contributed by atoms with Crippen LogP contribution >= 0.6 is 0 Å². The van der Waals surface area contributed by atoms with E-state index in [4.69, 9.17) is 14.2 Å². The summed E-state index contributed by atoms with van der Waals surface area (Å²) in [6.45, 7) is 7.47. The molecule has 2 unspecified atom stereocenters. The topological polar surface area (TPSA) is 65.1 Å². The summed E-state index contributed by atoms with van der Waals surface area (Å²) < 4.78 is 16.1. The Morgan fingerprint density at radius 2 is 1.96 bits per heavy atom. The lowest BCUT2D eigenvalue weighted by molar-refractivity contribution is -0.163. The number of carbonyl (C=O) groups is 2. The normalized spacial score (nSPS) is 22.2. The van der Waals surface area contributed by atoms with E-state index in [-0.39, 0.29) is 18.6 Å². The highest BCUT2D eigenvalue weighted by atomic mass is 16.6. The summed E-state index contributed by atoms with van der Waals surface area (Å²) in [6.07, 6.45) is 3.50. The molecule has 6 nitrogen and oxygen atoms in total. The van der Waals surface area contributed by atoms with E-state index in [0.717, 1.165) is 32.3 Å². The lowest BCUT2D eigenvalue weighted by Crippen LogP contribution is -2.39. The van der Waals surface area contributed by atoms with E-state index >= 15 is 0 Å². The Balaban J connectivity index is 1.68. The Labute approximate surface area is 138 Å². The molecule has 1 heterocycles. The molecule has 0 aromatic carbocycles. The molecular weight excluding hydrogens is 298 g/mol. The molecule has 0 aromatic heterocycles. The van der Waals surface area contributed by atoms with Gasteiger partial charge in [-0.05, 0) is 38.5 Å². The second kappa shape index (κ2) is 8.64. The highest BCUT2D eigenvalue weighted by Gasteiger charge is 2.33. The van der Waals surface area contributed by atoms with Crippen molar-refractivity contribution in [2.45, 2.75) is 64.7 Å². The summed E-state index contributed by atoms with van der Waals surface area (Å²) in [6, 6.07) is 0.330. The van der Waals surface area contributed by atoms with Gasteiger partial charge in [0, 0.05) is 19.2 Å². The predicted octanol–water partition coefficient (Wildman–Crippen LogP) is 1.76. The molecule has 2 rings (SSSR count). The summed E-state index contributed by atoms with van der Waals surface area (Å²) in [5, 5.41) is 0. The van der Waals surface area contributed by atoms with E-state index in [1.807, 2.05) is 4.90 Å². The van der Waals surface area contributed by atoms with Crippen LogP contribution in [0.1, 0.15) is 46.5 Å². The molecule has 1 aliphatic heterocycles. The van der Waals surface area contributed by atoms with Gasteiger partial charge in [0.2, 0.25) is 0 Å². The molecule has 2 aliphatic rings. The van der Waals surface area contributed by atoms with Crippen molar-refractivity contribution in [3.8, 4) is 0 Å².